The first kappa shape index (κ1) is 16.7. The number of carbonyl (C=O) groups is 1. The highest BCUT2D eigenvalue weighted by Gasteiger charge is 2.23. The van der Waals surface area contributed by atoms with Crippen molar-refractivity contribution in [2.24, 2.45) is 0 Å². The van der Waals surface area contributed by atoms with Gasteiger partial charge >= 0.3 is 0 Å². The van der Waals surface area contributed by atoms with Crippen LogP contribution in [0.4, 0.5) is 4.39 Å². The van der Waals surface area contributed by atoms with Gasteiger partial charge < -0.3 is 9.30 Å². The van der Waals surface area contributed by atoms with Crippen molar-refractivity contribution in [3.8, 4) is 0 Å². The molecule has 0 spiro atoms. The zero-order chi connectivity index (χ0) is 17.9. The predicted octanol–water partition coefficient (Wildman–Crippen LogP) is 2.47. The molecule has 26 heavy (non-hydrogen) atoms. The molecule has 6 heteroatoms. The van der Waals surface area contributed by atoms with E-state index in [-0.39, 0.29) is 11.7 Å². The molecule has 1 saturated heterocycles. The molecule has 1 aliphatic heterocycles. The van der Waals surface area contributed by atoms with Crippen LogP contribution in [0.3, 0.4) is 0 Å². The number of hydrogen-bond donors (Lipinski definition) is 0. The molecular weight excluding hydrogens is 331 g/mol. The smallest absolute Gasteiger partial charge is 0.257 e. The van der Waals surface area contributed by atoms with Crippen molar-refractivity contribution in [3.63, 3.8) is 0 Å². The summed E-state index contributed by atoms with van der Waals surface area (Å²) >= 11 is 0. The Balaban J connectivity index is 1.35. The number of fused-ring (bicyclic) bond motifs is 1. The second kappa shape index (κ2) is 7.25. The molecule has 2 aromatic heterocycles. The van der Waals surface area contributed by atoms with E-state index >= 15 is 0 Å². The fourth-order valence-electron chi connectivity index (χ4n) is 3.44. The molecule has 5 nitrogen and oxygen atoms in total. The largest absolute Gasteiger partial charge is 0.336 e. The summed E-state index contributed by atoms with van der Waals surface area (Å²) in [5, 5.41) is 0. The number of rotatable bonds is 4. The van der Waals surface area contributed by atoms with Gasteiger partial charge in [-0.3, -0.25) is 9.69 Å². The maximum Gasteiger partial charge on any atom is 0.257 e. The molecule has 3 heterocycles. The summed E-state index contributed by atoms with van der Waals surface area (Å²) in [7, 11) is 0. The van der Waals surface area contributed by atoms with Gasteiger partial charge in [0.2, 0.25) is 0 Å². The van der Waals surface area contributed by atoms with Crippen molar-refractivity contribution in [3.05, 3.63) is 71.9 Å². The van der Waals surface area contributed by atoms with Gasteiger partial charge in [0, 0.05) is 51.3 Å². The lowest BCUT2D eigenvalue weighted by Gasteiger charge is -2.34. The van der Waals surface area contributed by atoms with Gasteiger partial charge in [0.15, 0.2) is 0 Å². The predicted molar refractivity (Wildman–Crippen MR) is 97.6 cm³/mol. The maximum absolute atomic E-state index is 13.7. The van der Waals surface area contributed by atoms with E-state index in [1.165, 1.54) is 6.07 Å². The molecule has 134 valence electrons. The molecule has 1 amide bonds. The third kappa shape index (κ3) is 3.32. The summed E-state index contributed by atoms with van der Waals surface area (Å²) in [5.41, 5.74) is 2.08. The van der Waals surface area contributed by atoms with E-state index in [0.29, 0.717) is 30.7 Å². The van der Waals surface area contributed by atoms with Crippen molar-refractivity contribution in [1.29, 1.82) is 0 Å². The van der Waals surface area contributed by atoms with Crippen LogP contribution in [-0.4, -0.2) is 57.8 Å². The number of pyridine rings is 1. The molecule has 0 N–H and O–H groups in total. The van der Waals surface area contributed by atoms with Crippen LogP contribution in [0.2, 0.25) is 0 Å². The fraction of sp³-hybridized carbons (Fsp3) is 0.300. The molecule has 1 aromatic carbocycles. The Morgan fingerprint density at radius 2 is 1.85 bits per heavy atom. The highest BCUT2D eigenvalue weighted by Crippen LogP contribution is 2.14. The minimum Gasteiger partial charge on any atom is -0.336 e. The van der Waals surface area contributed by atoms with E-state index in [1.54, 1.807) is 12.3 Å². The van der Waals surface area contributed by atoms with Gasteiger partial charge in [-0.05, 0) is 30.2 Å². The van der Waals surface area contributed by atoms with Crippen LogP contribution in [0, 0.1) is 5.82 Å². The Bertz CT molecular complexity index is 915. The number of carbonyl (C=O) groups excluding carboxylic acids is 1. The van der Waals surface area contributed by atoms with Gasteiger partial charge in [-0.2, -0.15) is 0 Å². The summed E-state index contributed by atoms with van der Waals surface area (Å²) in [6.45, 7) is 3.77. The van der Waals surface area contributed by atoms with E-state index in [4.69, 9.17) is 0 Å². The number of benzene rings is 1. The number of amides is 1. The third-order valence-corrected chi connectivity index (χ3v) is 4.96. The van der Waals surface area contributed by atoms with Crippen LogP contribution in [0.15, 0.2) is 55.0 Å². The average molecular weight is 352 g/mol. The molecule has 3 aromatic rings. The minimum atomic E-state index is -0.144. The van der Waals surface area contributed by atoms with Crippen molar-refractivity contribution in [2.75, 3.05) is 32.7 Å². The molecular formula is C20H21FN4O. The summed E-state index contributed by atoms with van der Waals surface area (Å²) in [5.74, 6) is -0.121. The number of halogens is 1. The lowest BCUT2D eigenvalue weighted by Crippen LogP contribution is -2.49. The molecule has 0 atom stereocenters. The van der Waals surface area contributed by atoms with Gasteiger partial charge in [0.1, 0.15) is 11.5 Å². The number of aromatic nitrogens is 2. The Hall–Kier alpha value is -2.73. The first-order chi connectivity index (χ1) is 12.7. The van der Waals surface area contributed by atoms with Gasteiger partial charge in [-0.15, -0.1) is 0 Å². The lowest BCUT2D eigenvalue weighted by molar-refractivity contribution is 0.0639. The first-order valence-electron chi connectivity index (χ1n) is 8.89. The molecule has 0 unspecified atom stereocenters. The van der Waals surface area contributed by atoms with E-state index in [9.17, 15) is 9.18 Å². The number of hydrogen-bond acceptors (Lipinski definition) is 3. The first-order valence-corrected chi connectivity index (χ1v) is 8.89. The van der Waals surface area contributed by atoms with Gasteiger partial charge in [0.05, 0.1) is 5.56 Å². The van der Waals surface area contributed by atoms with E-state index in [1.807, 2.05) is 46.0 Å². The summed E-state index contributed by atoms with van der Waals surface area (Å²) < 4.78 is 15.6. The van der Waals surface area contributed by atoms with E-state index < -0.39 is 0 Å². The Morgan fingerprint density at radius 3 is 2.65 bits per heavy atom. The van der Waals surface area contributed by atoms with Crippen LogP contribution in [0.5, 0.6) is 0 Å². The molecule has 1 fully saturated rings. The van der Waals surface area contributed by atoms with Crippen LogP contribution in [0.1, 0.15) is 15.9 Å². The van der Waals surface area contributed by atoms with Crippen molar-refractivity contribution in [1.82, 2.24) is 19.2 Å². The third-order valence-electron chi connectivity index (χ3n) is 4.96. The van der Waals surface area contributed by atoms with Crippen molar-refractivity contribution < 1.29 is 9.18 Å². The Kier molecular flexibility index (Phi) is 4.67. The summed E-state index contributed by atoms with van der Waals surface area (Å²) in [6.07, 6.45) is 6.12. The van der Waals surface area contributed by atoms with Gasteiger partial charge in [-0.25, -0.2) is 9.37 Å². The highest BCUT2D eigenvalue weighted by molar-refractivity contribution is 5.99. The number of imidazole rings is 1. The van der Waals surface area contributed by atoms with Gasteiger partial charge in [-0.1, -0.05) is 18.2 Å². The monoisotopic (exact) mass is 352 g/mol. The molecule has 0 bridgehead atoms. The zero-order valence-corrected chi connectivity index (χ0v) is 14.5. The van der Waals surface area contributed by atoms with Crippen LogP contribution < -0.4 is 0 Å². The van der Waals surface area contributed by atoms with E-state index in [2.05, 4.69) is 9.88 Å². The zero-order valence-electron chi connectivity index (χ0n) is 14.5. The molecule has 4 rings (SSSR count). The van der Waals surface area contributed by atoms with Crippen LogP contribution in [-0.2, 0) is 6.42 Å². The second-order valence-electron chi connectivity index (χ2n) is 6.56. The lowest BCUT2D eigenvalue weighted by atomic mass is 10.1. The molecule has 0 aliphatic carbocycles. The quantitative estimate of drug-likeness (QED) is 0.724. The minimum absolute atomic E-state index is 0.0237. The van der Waals surface area contributed by atoms with Crippen molar-refractivity contribution >= 4 is 11.6 Å². The standard InChI is InChI=1S/C20H21FN4O/c21-18-6-2-1-4-16(18)7-10-23-12-14-25(15-13-23)20(26)17-5-3-9-24-11-8-22-19(17)24/h1-6,8-9,11H,7,10,12-15H2. The SMILES string of the molecule is O=C(c1cccn2ccnc12)N1CCN(CCc2ccccc2F)CC1. The van der Waals surface area contributed by atoms with Crippen molar-refractivity contribution in [2.45, 2.75) is 6.42 Å². The maximum atomic E-state index is 13.7. The topological polar surface area (TPSA) is 40.9 Å². The highest BCUT2D eigenvalue weighted by atomic mass is 19.1. The van der Waals surface area contributed by atoms with Crippen LogP contribution in [0.25, 0.3) is 5.65 Å². The Morgan fingerprint density at radius 1 is 1.04 bits per heavy atom. The van der Waals surface area contributed by atoms with E-state index in [0.717, 1.165) is 25.2 Å². The average Bonchev–Trinajstić information content (AvgIpc) is 3.16. The second-order valence-corrected chi connectivity index (χ2v) is 6.56. The molecule has 0 radical (unpaired) electrons. The summed E-state index contributed by atoms with van der Waals surface area (Å²) in [6, 6.07) is 10.6. The normalized spacial score (nSPS) is 15.5. The van der Waals surface area contributed by atoms with Crippen LogP contribution >= 0.6 is 0 Å². The number of nitrogens with zero attached hydrogens (tertiary/aromatic N) is 4. The molecule has 0 saturated carbocycles. The molecule has 1 aliphatic rings. The van der Waals surface area contributed by atoms with Gasteiger partial charge in [0.25, 0.3) is 5.91 Å². The Labute approximate surface area is 151 Å². The fourth-order valence-corrected chi connectivity index (χ4v) is 3.44. The number of piperazine rings is 1. The summed E-state index contributed by atoms with van der Waals surface area (Å²) in [4.78, 5) is 21.3.